The second-order valence-corrected chi connectivity index (χ2v) is 3.46. The van der Waals surface area contributed by atoms with Crippen LogP contribution in [0.2, 0.25) is 0 Å². The third kappa shape index (κ3) is 2.57. The third-order valence-electron chi connectivity index (χ3n) is 2.23. The van der Waals surface area contributed by atoms with Gasteiger partial charge in [0.25, 0.3) is 0 Å². The van der Waals surface area contributed by atoms with Crippen LogP contribution in [0.3, 0.4) is 0 Å². The van der Waals surface area contributed by atoms with E-state index in [1.54, 1.807) is 0 Å². The first-order chi connectivity index (χ1) is 5.72. The summed E-state index contributed by atoms with van der Waals surface area (Å²) < 4.78 is 0. The fraction of sp³-hybridized carbons (Fsp3) is 0.455. The molecule has 0 aliphatic heterocycles. The van der Waals surface area contributed by atoms with Gasteiger partial charge >= 0.3 is 0 Å². The number of benzene rings is 1. The van der Waals surface area contributed by atoms with Gasteiger partial charge in [-0.2, -0.15) is 0 Å². The molecule has 0 aliphatic rings. The van der Waals surface area contributed by atoms with Crippen LogP contribution < -0.4 is 5.73 Å². The average Bonchev–Trinajstić information content (AvgIpc) is 2.04. The van der Waals surface area contributed by atoms with Crippen molar-refractivity contribution in [3.8, 4) is 0 Å². The van der Waals surface area contributed by atoms with Gasteiger partial charge in [-0.15, -0.1) is 0 Å². The van der Waals surface area contributed by atoms with Crippen molar-refractivity contribution in [2.45, 2.75) is 26.7 Å². The zero-order valence-corrected chi connectivity index (χ0v) is 7.88. The standard InChI is InChI=1S/C11H17N/c1-3-9(2)7-10-5-4-6-11(12)8-10/h4-6,8-9H,3,7,12H2,1-2H3. The molecule has 66 valence electrons. The molecule has 1 heteroatoms. The second-order valence-electron chi connectivity index (χ2n) is 3.46. The molecule has 1 unspecified atom stereocenters. The molecule has 2 N–H and O–H groups in total. The summed E-state index contributed by atoms with van der Waals surface area (Å²) in [5.74, 6) is 0.756. The van der Waals surface area contributed by atoms with E-state index in [0.29, 0.717) is 0 Å². The van der Waals surface area contributed by atoms with Gasteiger partial charge in [-0.3, -0.25) is 0 Å². The van der Waals surface area contributed by atoms with Crippen molar-refractivity contribution in [1.82, 2.24) is 0 Å². The van der Waals surface area contributed by atoms with Crippen molar-refractivity contribution < 1.29 is 0 Å². The maximum atomic E-state index is 5.68. The highest BCUT2D eigenvalue weighted by molar-refractivity contribution is 5.40. The predicted molar refractivity (Wildman–Crippen MR) is 54.0 cm³/mol. The highest BCUT2D eigenvalue weighted by Gasteiger charge is 2.00. The van der Waals surface area contributed by atoms with Crippen LogP contribution in [0.1, 0.15) is 25.8 Å². The number of rotatable bonds is 3. The summed E-state index contributed by atoms with van der Waals surface area (Å²) in [6, 6.07) is 8.15. The third-order valence-corrected chi connectivity index (χ3v) is 2.23. The Morgan fingerprint density at radius 2 is 2.17 bits per heavy atom. The molecular weight excluding hydrogens is 146 g/mol. The number of nitrogens with two attached hydrogens (primary N) is 1. The Balaban J connectivity index is 2.63. The van der Waals surface area contributed by atoms with Gasteiger partial charge in [-0.05, 0) is 30.0 Å². The fourth-order valence-electron chi connectivity index (χ4n) is 1.27. The topological polar surface area (TPSA) is 26.0 Å². The summed E-state index contributed by atoms with van der Waals surface area (Å²) in [6.45, 7) is 4.49. The summed E-state index contributed by atoms with van der Waals surface area (Å²) in [7, 11) is 0. The molecule has 1 nitrogen and oxygen atoms in total. The van der Waals surface area contributed by atoms with Crippen molar-refractivity contribution in [3.05, 3.63) is 29.8 Å². The molecule has 1 atom stereocenters. The molecule has 12 heavy (non-hydrogen) atoms. The number of nitrogen functional groups attached to an aromatic ring is 1. The molecule has 0 heterocycles. The first-order valence-electron chi connectivity index (χ1n) is 4.56. The van der Waals surface area contributed by atoms with E-state index < -0.39 is 0 Å². The second kappa shape index (κ2) is 4.15. The number of anilines is 1. The Kier molecular flexibility index (Phi) is 3.15. The van der Waals surface area contributed by atoms with Crippen molar-refractivity contribution in [2.75, 3.05) is 5.73 Å². The zero-order valence-electron chi connectivity index (χ0n) is 7.88. The Bertz CT molecular complexity index is 243. The van der Waals surface area contributed by atoms with Gasteiger partial charge in [0.1, 0.15) is 0 Å². The molecule has 0 aliphatic carbocycles. The Labute approximate surface area is 74.6 Å². The van der Waals surface area contributed by atoms with Crippen LogP contribution in [0.15, 0.2) is 24.3 Å². The van der Waals surface area contributed by atoms with Crippen LogP contribution in [-0.2, 0) is 6.42 Å². The summed E-state index contributed by atoms with van der Waals surface area (Å²) >= 11 is 0. The Morgan fingerprint density at radius 3 is 2.75 bits per heavy atom. The highest BCUT2D eigenvalue weighted by atomic mass is 14.5. The number of hydrogen-bond donors (Lipinski definition) is 1. The Morgan fingerprint density at radius 1 is 1.42 bits per heavy atom. The quantitative estimate of drug-likeness (QED) is 0.681. The predicted octanol–water partition coefficient (Wildman–Crippen LogP) is 2.86. The van der Waals surface area contributed by atoms with Crippen molar-refractivity contribution in [1.29, 1.82) is 0 Å². The molecule has 0 spiro atoms. The largest absolute Gasteiger partial charge is 0.399 e. The first kappa shape index (κ1) is 9.11. The zero-order chi connectivity index (χ0) is 8.97. The SMILES string of the molecule is CCC(C)Cc1cccc(N)c1. The van der Waals surface area contributed by atoms with Gasteiger partial charge in [0.15, 0.2) is 0 Å². The smallest absolute Gasteiger partial charge is 0.0316 e. The van der Waals surface area contributed by atoms with Crippen LogP contribution in [0.5, 0.6) is 0 Å². The molecule has 0 fully saturated rings. The van der Waals surface area contributed by atoms with Crippen LogP contribution in [-0.4, -0.2) is 0 Å². The normalized spacial score (nSPS) is 12.8. The van der Waals surface area contributed by atoms with Crippen LogP contribution in [0.25, 0.3) is 0 Å². The van der Waals surface area contributed by atoms with E-state index in [-0.39, 0.29) is 0 Å². The monoisotopic (exact) mass is 163 g/mol. The molecule has 0 saturated carbocycles. The summed E-state index contributed by atoms with van der Waals surface area (Å²) in [4.78, 5) is 0. The lowest BCUT2D eigenvalue weighted by Gasteiger charge is -2.08. The van der Waals surface area contributed by atoms with E-state index in [9.17, 15) is 0 Å². The number of hydrogen-bond acceptors (Lipinski definition) is 1. The maximum Gasteiger partial charge on any atom is 0.0316 e. The summed E-state index contributed by atoms with van der Waals surface area (Å²) in [6.07, 6.45) is 2.37. The average molecular weight is 163 g/mol. The fourth-order valence-corrected chi connectivity index (χ4v) is 1.27. The molecule has 0 aromatic heterocycles. The lowest BCUT2D eigenvalue weighted by Crippen LogP contribution is -1.98. The van der Waals surface area contributed by atoms with Crippen LogP contribution in [0, 0.1) is 5.92 Å². The van der Waals surface area contributed by atoms with Gasteiger partial charge in [0.05, 0.1) is 0 Å². The van der Waals surface area contributed by atoms with Crippen molar-refractivity contribution >= 4 is 5.69 Å². The van der Waals surface area contributed by atoms with Gasteiger partial charge in [0.2, 0.25) is 0 Å². The van der Waals surface area contributed by atoms with Crippen molar-refractivity contribution in [3.63, 3.8) is 0 Å². The molecule has 1 aromatic carbocycles. The van der Waals surface area contributed by atoms with E-state index in [1.807, 2.05) is 12.1 Å². The van der Waals surface area contributed by atoms with E-state index in [2.05, 4.69) is 26.0 Å². The molecule has 0 bridgehead atoms. The molecule has 0 amide bonds. The van der Waals surface area contributed by atoms with E-state index in [4.69, 9.17) is 5.73 Å². The maximum absolute atomic E-state index is 5.68. The molecular formula is C11H17N. The summed E-state index contributed by atoms with van der Waals surface area (Å²) in [5.41, 5.74) is 7.90. The van der Waals surface area contributed by atoms with Gasteiger partial charge in [-0.1, -0.05) is 32.4 Å². The molecule has 0 radical (unpaired) electrons. The summed E-state index contributed by atoms with van der Waals surface area (Å²) in [5, 5.41) is 0. The highest BCUT2D eigenvalue weighted by Crippen LogP contribution is 2.13. The van der Waals surface area contributed by atoms with E-state index in [1.165, 1.54) is 12.0 Å². The Hall–Kier alpha value is -0.980. The lowest BCUT2D eigenvalue weighted by atomic mass is 9.99. The van der Waals surface area contributed by atoms with Crippen LogP contribution in [0.4, 0.5) is 5.69 Å². The molecule has 1 aromatic rings. The molecule has 1 rings (SSSR count). The van der Waals surface area contributed by atoms with Gasteiger partial charge in [0, 0.05) is 5.69 Å². The minimum atomic E-state index is 0.756. The first-order valence-corrected chi connectivity index (χ1v) is 4.56. The lowest BCUT2D eigenvalue weighted by molar-refractivity contribution is 0.560. The minimum absolute atomic E-state index is 0.756. The minimum Gasteiger partial charge on any atom is -0.399 e. The van der Waals surface area contributed by atoms with Gasteiger partial charge < -0.3 is 5.73 Å². The van der Waals surface area contributed by atoms with E-state index >= 15 is 0 Å². The van der Waals surface area contributed by atoms with E-state index in [0.717, 1.165) is 18.0 Å². The van der Waals surface area contributed by atoms with Crippen LogP contribution >= 0.6 is 0 Å². The van der Waals surface area contributed by atoms with Crippen molar-refractivity contribution in [2.24, 2.45) is 5.92 Å². The van der Waals surface area contributed by atoms with Gasteiger partial charge in [-0.25, -0.2) is 0 Å². The molecule has 0 saturated heterocycles.